The second kappa shape index (κ2) is 5.79. The van der Waals surface area contributed by atoms with Crippen molar-refractivity contribution >= 4 is 29.0 Å². The van der Waals surface area contributed by atoms with Crippen LogP contribution >= 0.6 is 11.6 Å². The quantitative estimate of drug-likeness (QED) is 0.655. The minimum Gasteiger partial charge on any atom is -0.308 e. The molecule has 2 aromatic rings. The van der Waals surface area contributed by atoms with Crippen LogP contribution < -0.4 is 10.6 Å². The van der Waals surface area contributed by atoms with Crippen molar-refractivity contribution in [3.63, 3.8) is 0 Å². The minimum absolute atomic E-state index is 0.144. The van der Waals surface area contributed by atoms with E-state index >= 15 is 0 Å². The average Bonchev–Trinajstić information content (AvgIpc) is 2.35. The van der Waals surface area contributed by atoms with E-state index in [4.69, 9.17) is 11.6 Å². The van der Waals surface area contributed by atoms with Crippen LogP contribution in [0.15, 0.2) is 30.5 Å². The number of nitrogens with zero attached hydrogens (tertiary/aromatic N) is 1. The summed E-state index contributed by atoms with van der Waals surface area (Å²) in [5.74, 6) is -3.76. The van der Waals surface area contributed by atoms with Crippen molar-refractivity contribution in [2.75, 3.05) is 10.6 Å². The Morgan fingerprint density at radius 2 is 1.90 bits per heavy atom. The normalized spacial score (nSPS) is 10.2. The van der Waals surface area contributed by atoms with Gasteiger partial charge in [-0.05, 0) is 12.1 Å². The zero-order valence-electron chi connectivity index (χ0n) is 9.75. The number of halogens is 4. The summed E-state index contributed by atoms with van der Waals surface area (Å²) in [6.45, 7) is 0. The Kier molecular flexibility index (Phi) is 4.09. The second-order valence-electron chi connectivity index (χ2n) is 3.70. The number of anilines is 2. The third kappa shape index (κ3) is 3.39. The van der Waals surface area contributed by atoms with E-state index < -0.39 is 29.2 Å². The number of hydrogen-bond acceptors (Lipinski definition) is 2. The zero-order chi connectivity index (χ0) is 14.7. The van der Waals surface area contributed by atoms with Gasteiger partial charge < -0.3 is 10.6 Å². The van der Waals surface area contributed by atoms with E-state index in [1.807, 2.05) is 5.32 Å². The van der Waals surface area contributed by atoms with Gasteiger partial charge in [-0.3, -0.25) is 0 Å². The largest absolute Gasteiger partial charge is 0.323 e. The Bertz CT molecular complexity index is 666. The number of amides is 2. The molecule has 20 heavy (non-hydrogen) atoms. The summed E-state index contributed by atoms with van der Waals surface area (Å²) in [7, 11) is 0. The van der Waals surface area contributed by atoms with Gasteiger partial charge in [0.1, 0.15) is 11.0 Å². The first-order chi connectivity index (χ1) is 9.45. The van der Waals surface area contributed by atoms with Crippen molar-refractivity contribution in [2.24, 2.45) is 0 Å². The van der Waals surface area contributed by atoms with Crippen LogP contribution in [0.5, 0.6) is 0 Å². The van der Waals surface area contributed by atoms with Gasteiger partial charge in [0.25, 0.3) is 0 Å². The van der Waals surface area contributed by atoms with Crippen LogP contribution in [0.1, 0.15) is 0 Å². The molecule has 0 saturated heterocycles. The summed E-state index contributed by atoms with van der Waals surface area (Å²) in [4.78, 5) is 15.3. The molecule has 0 radical (unpaired) electrons. The van der Waals surface area contributed by atoms with Crippen molar-refractivity contribution in [1.29, 1.82) is 0 Å². The summed E-state index contributed by atoms with van der Waals surface area (Å²) in [6, 6.07) is 2.95. The third-order valence-electron chi connectivity index (χ3n) is 2.23. The molecule has 1 aromatic carbocycles. The predicted molar refractivity (Wildman–Crippen MR) is 68.2 cm³/mol. The van der Waals surface area contributed by atoms with Crippen LogP contribution in [0.25, 0.3) is 0 Å². The summed E-state index contributed by atoms with van der Waals surface area (Å²) in [5.41, 5.74) is -0.320. The van der Waals surface area contributed by atoms with Gasteiger partial charge in [-0.15, -0.1) is 0 Å². The van der Waals surface area contributed by atoms with Crippen LogP contribution in [0.3, 0.4) is 0 Å². The van der Waals surface area contributed by atoms with Gasteiger partial charge in [0.05, 0.1) is 5.69 Å². The van der Waals surface area contributed by atoms with E-state index in [0.29, 0.717) is 17.8 Å². The van der Waals surface area contributed by atoms with Crippen molar-refractivity contribution in [2.45, 2.75) is 0 Å². The molecule has 0 aliphatic carbocycles. The molecule has 0 aliphatic rings. The van der Waals surface area contributed by atoms with Gasteiger partial charge in [0.15, 0.2) is 11.6 Å². The monoisotopic (exact) mass is 301 g/mol. The number of benzene rings is 1. The van der Waals surface area contributed by atoms with Crippen molar-refractivity contribution in [3.05, 3.63) is 53.1 Å². The zero-order valence-corrected chi connectivity index (χ0v) is 10.5. The van der Waals surface area contributed by atoms with Crippen LogP contribution in [0.2, 0.25) is 5.15 Å². The molecule has 0 spiro atoms. The lowest BCUT2D eigenvalue weighted by atomic mass is 10.3. The SMILES string of the molecule is O=C(Nc1ccnc(Cl)c1)Nc1cc(F)cc(F)c1F. The molecule has 0 saturated carbocycles. The highest BCUT2D eigenvalue weighted by molar-refractivity contribution is 6.29. The van der Waals surface area contributed by atoms with Crippen molar-refractivity contribution < 1.29 is 18.0 Å². The fraction of sp³-hybridized carbons (Fsp3) is 0. The molecule has 0 aliphatic heterocycles. The number of hydrogen-bond donors (Lipinski definition) is 2. The highest BCUT2D eigenvalue weighted by Gasteiger charge is 2.13. The lowest BCUT2D eigenvalue weighted by molar-refractivity contribution is 0.262. The smallest absolute Gasteiger partial charge is 0.308 e. The molecule has 104 valence electrons. The van der Waals surface area contributed by atoms with E-state index in [0.717, 1.165) is 0 Å². The third-order valence-corrected chi connectivity index (χ3v) is 2.43. The van der Waals surface area contributed by atoms with Crippen LogP contribution in [0.4, 0.5) is 29.3 Å². The van der Waals surface area contributed by atoms with E-state index in [1.54, 1.807) is 0 Å². The Morgan fingerprint density at radius 3 is 2.60 bits per heavy atom. The minimum atomic E-state index is -1.40. The number of aromatic nitrogens is 1. The molecule has 4 nitrogen and oxygen atoms in total. The fourth-order valence-electron chi connectivity index (χ4n) is 1.41. The van der Waals surface area contributed by atoms with Crippen molar-refractivity contribution in [3.8, 4) is 0 Å². The number of pyridine rings is 1. The molecule has 8 heteroatoms. The van der Waals surface area contributed by atoms with Gasteiger partial charge in [-0.2, -0.15) is 0 Å². The van der Waals surface area contributed by atoms with Gasteiger partial charge in [-0.1, -0.05) is 11.6 Å². The maximum atomic E-state index is 13.3. The van der Waals surface area contributed by atoms with E-state index in [9.17, 15) is 18.0 Å². The molecule has 2 rings (SSSR count). The second-order valence-corrected chi connectivity index (χ2v) is 4.08. The van der Waals surface area contributed by atoms with Crippen LogP contribution in [0, 0.1) is 17.5 Å². The lowest BCUT2D eigenvalue weighted by Crippen LogP contribution is -2.20. The first-order valence-corrected chi connectivity index (χ1v) is 5.67. The van der Waals surface area contributed by atoms with Crippen LogP contribution in [-0.2, 0) is 0 Å². The fourth-order valence-corrected chi connectivity index (χ4v) is 1.59. The molecule has 0 fully saturated rings. The molecule has 1 heterocycles. The van der Waals surface area contributed by atoms with Gasteiger partial charge >= 0.3 is 6.03 Å². The van der Waals surface area contributed by atoms with Gasteiger partial charge in [-0.25, -0.2) is 22.9 Å². The lowest BCUT2D eigenvalue weighted by Gasteiger charge is -2.09. The van der Waals surface area contributed by atoms with Gasteiger partial charge in [0.2, 0.25) is 0 Å². The molecule has 0 atom stereocenters. The summed E-state index contributed by atoms with van der Waals surface area (Å²) in [5, 5.41) is 4.45. The maximum absolute atomic E-state index is 13.3. The molecule has 2 amide bonds. The number of urea groups is 1. The summed E-state index contributed by atoms with van der Waals surface area (Å²) in [6.07, 6.45) is 1.35. The molecular formula is C12H7ClF3N3O. The predicted octanol–water partition coefficient (Wildman–Crippen LogP) is 3.80. The molecule has 2 N–H and O–H groups in total. The summed E-state index contributed by atoms with van der Waals surface area (Å²) < 4.78 is 39.2. The Morgan fingerprint density at radius 1 is 1.15 bits per heavy atom. The maximum Gasteiger partial charge on any atom is 0.323 e. The number of rotatable bonds is 2. The van der Waals surface area contributed by atoms with E-state index in [1.165, 1.54) is 18.3 Å². The van der Waals surface area contributed by atoms with Gasteiger partial charge in [0, 0.05) is 24.0 Å². The average molecular weight is 302 g/mol. The first kappa shape index (κ1) is 14.1. The highest BCUT2D eigenvalue weighted by atomic mass is 35.5. The standard InChI is InChI=1S/C12H7ClF3N3O/c13-10-5-7(1-2-17-10)18-12(20)19-9-4-6(14)3-8(15)11(9)16/h1-5H,(H2,17,18,19,20). The molecular weight excluding hydrogens is 295 g/mol. The van der Waals surface area contributed by atoms with Crippen molar-refractivity contribution in [1.82, 2.24) is 4.98 Å². The number of carbonyl (C=O) groups excluding carboxylic acids is 1. The molecule has 0 unspecified atom stereocenters. The highest BCUT2D eigenvalue weighted by Crippen LogP contribution is 2.19. The number of nitrogens with one attached hydrogen (secondary N) is 2. The Balaban J connectivity index is 2.12. The Hall–Kier alpha value is -2.28. The Labute approximate surface area is 116 Å². The number of carbonyl (C=O) groups is 1. The van der Waals surface area contributed by atoms with E-state index in [2.05, 4.69) is 10.3 Å². The first-order valence-electron chi connectivity index (χ1n) is 5.30. The summed E-state index contributed by atoms with van der Waals surface area (Å²) >= 11 is 5.61. The molecule has 1 aromatic heterocycles. The molecule has 0 bridgehead atoms. The topological polar surface area (TPSA) is 54.0 Å². The van der Waals surface area contributed by atoms with Crippen LogP contribution in [-0.4, -0.2) is 11.0 Å². The van der Waals surface area contributed by atoms with E-state index in [-0.39, 0.29) is 5.15 Å².